The predicted molar refractivity (Wildman–Crippen MR) is 49.3 cm³/mol. The van der Waals surface area contributed by atoms with Crippen LogP contribution in [-0.2, 0) is 4.79 Å². The van der Waals surface area contributed by atoms with Crippen LogP contribution in [0.4, 0.5) is 0 Å². The zero-order chi connectivity index (χ0) is 7.19. The van der Waals surface area contributed by atoms with E-state index >= 15 is 0 Å². The van der Waals surface area contributed by atoms with Crippen molar-refractivity contribution in [1.29, 1.82) is 0 Å². The Morgan fingerprint density at radius 2 is 2.17 bits per heavy atom. The van der Waals surface area contributed by atoms with E-state index in [4.69, 9.17) is 5.11 Å². The Kier molecular flexibility index (Phi) is 3.78. The van der Waals surface area contributed by atoms with Gasteiger partial charge in [-0.2, -0.15) is 0 Å². The maximum Gasteiger partial charge on any atom is 0.325 e. The normalized spacial score (nSPS) is 36.8. The fourth-order valence-electron chi connectivity index (χ4n) is 1.72. The van der Waals surface area contributed by atoms with Crippen LogP contribution in [0.1, 0.15) is 6.42 Å². The smallest absolute Gasteiger partial charge is 0.325 e. The van der Waals surface area contributed by atoms with Gasteiger partial charge in [0, 0.05) is 19.1 Å². The van der Waals surface area contributed by atoms with Gasteiger partial charge in [-0.3, -0.25) is 10.1 Å². The molecule has 0 saturated carbocycles. The lowest BCUT2D eigenvalue weighted by Gasteiger charge is -2.22. The molecule has 72 valence electrons. The maximum atomic E-state index is 10.7. The number of carbonyl (C=O) groups is 1. The van der Waals surface area contributed by atoms with Gasteiger partial charge in [-0.1, -0.05) is 0 Å². The third kappa shape index (κ3) is 1.52. The van der Waals surface area contributed by atoms with Crippen LogP contribution in [0.15, 0.2) is 0 Å². The van der Waals surface area contributed by atoms with Crippen molar-refractivity contribution in [3.8, 4) is 0 Å². The standard InChI is InChI=1S/C6H10N2O2.2ClH/c9-5(10)6-1-4(2-8-6)7-3-6;;/h4,7-8H,1-3H2,(H,9,10);2*1H/t4-,6?;;/m0../s1. The summed E-state index contributed by atoms with van der Waals surface area (Å²) in [5, 5.41) is 14.9. The zero-order valence-electron chi connectivity index (χ0n) is 6.37. The van der Waals surface area contributed by atoms with E-state index in [1.54, 1.807) is 0 Å². The largest absolute Gasteiger partial charge is 0.480 e. The Labute approximate surface area is 82.9 Å². The van der Waals surface area contributed by atoms with Gasteiger partial charge >= 0.3 is 5.97 Å². The number of halogens is 2. The van der Waals surface area contributed by atoms with Crippen LogP contribution >= 0.6 is 24.8 Å². The predicted octanol–water partition coefficient (Wildman–Crippen LogP) is -0.382. The molecule has 6 heteroatoms. The Morgan fingerprint density at radius 1 is 1.50 bits per heavy atom. The number of carboxylic acid groups (broad SMARTS) is 1. The summed E-state index contributed by atoms with van der Waals surface area (Å²) in [6, 6.07) is 0.385. The fraction of sp³-hybridized carbons (Fsp3) is 0.833. The number of piperazine rings is 1. The highest BCUT2D eigenvalue weighted by atomic mass is 35.5. The molecular weight excluding hydrogens is 203 g/mol. The molecule has 12 heavy (non-hydrogen) atoms. The number of carboxylic acids is 1. The van der Waals surface area contributed by atoms with Crippen molar-refractivity contribution in [2.45, 2.75) is 18.0 Å². The van der Waals surface area contributed by atoms with E-state index in [9.17, 15) is 4.79 Å². The molecule has 0 radical (unpaired) electrons. The number of aliphatic carboxylic acids is 1. The van der Waals surface area contributed by atoms with E-state index in [1.807, 2.05) is 0 Å². The lowest BCUT2D eigenvalue weighted by molar-refractivity contribution is -0.143. The number of hydrogen-bond acceptors (Lipinski definition) is 3. The van der Waals surface area contributed by atoms with E-state index in [-0.39, 0.29) is 24.8 Å². The third-order valence-electron chi connectivity index (χ3n) is 2.38. The minimum absolute atomic E-state index is 0. The number of nitrogens with one attached hydrogen (secondary N) is 2. The summed E-state index contributed by atoms with van der Waals surface area (Å²) in [6.07, 6.45) is 0.738. The number of rotatable bonds is 1. The summed E-state index contributed by atoms with van der Waals surface area (Å²) in [5.41, 5.74) is -0.634. The van der Waals surface area contributed by atoms with Gasteiger partial charge < -0.3 is 10.4 Å². The molecule has 0 aliphatic carbocycles. The summed E-state index contributed by atoms with van der Waals surface area (Å²) >= 11 is 0. The minimum atomic E-state index is -0.722. The maximum absolute atomic E-state index is 10.7. The third-order valence-corrected chi connectivity index (χ3v) is 2.38. The molecule has 2 saturated heterocycles. The van der Waals surface area contributed by atoms with Crippen molar-refractivity contribution in [2.24, 2.45) is 0 Å². The van der Waals surface area contributed by atoms with E-state index in [1.165, 1.54) is 0 Å². The van der Waals surface area contributed by atoms with Crippen molar-refractivity contribution in [3.63, 3.8) is 0 Å². The molecule has 1 unspecified atom stereocenters. The van der Waals surface area contributed by atoms with Gasteiger partial charge in [0.25, 0.3) is 0 Å². The second kappa shape index (κ2) is 3.79. The van der Waals surface area contributed by atoms with Gasteiger partial charge in [-0.15, -0.1) is 24.8 Å². The zero-order valence-corrected chi connectivity index (χ0v) is 8.00. The van der Waals surface area contributed by atoms with Crippen LogP contribution in [0.3, 0.4) is 0 Å². The highest BCUT2D eigenvalue weighted by molar-refractivity contribution is 5.85. The van der Waals surface area contributed by atoms with Crippen LogP contribution in [0.25, 0.3) is 0 Å². The monoisotopic (exact) mass is 214 g/mol. The van der Waals surface area contributed by atoms with Gasteiger partial charge in [-0.05, 0) is 6.42 Å². The van der Waals surface area contributed by atoms with Gasteiger partial charge in [0.15, 0.2) is 0 Å². The first kappa shape index (κ1) is 12.0. The average molecular weight is 215 g/mol. The van der Waals surface area contributed by atoms with Crippen molar-refractivity contribution in [3.05, 3.63) is 0 Å². The summed E-state index contributed by atoms with van der Waals surface area (Å²) < 4.78 is 0. The molecule has 0 aromatic carbocycles. The first-order valence-electron chi connectivity index (χ1n) is 3.45. The molecule has 2 atom stereocenters. The van der Waals surface area contributed by atoms with Crippen molar-refractivity contribution < 1.29 is 9.90 Å². The van der Waals surface area contributed by atoms with Crippen LogP contribution in [-0.4, -0.2) is 35.7 Å². The van der Waals surface area contributed by atoms with Gasteiger partial charge in [0.05, 0.1) is 0 Å². The van der Waals surface area contributed by atoms with E-state index in [2.05, 4.69) is 10.6 Å². The molecule has 2 heterocycles. The van der Waals surface area contributed by atoms with Crippen LogP contribution in [0, 0.1) is 0 Å². The highest BCUT2D eigenvalue weighted by Gasteiger charge is 2.50. The molecule has 2 aliphatic heterocycles. The van der Waals surface area contributed by atoms with Crippen molar-refractivity contribution in [1.82, 2.24) is 10.6 Å². The van der Waals surface area contributed by atoms with Crippen molar-refractivity contribution in [2.75, 3.05) is 13.1 Å². The van der Waals surface area contributed by atoms with E-state index in [0.717, 1.165) is 13.0 Å². The summed E-state index contributed by atoms with van der Waals surface area (Å²) in [5.74, 6) is -0.722. The highest BCUT2D eigenvalue weighted by Crippen LogP contribution is 2.25. The molecular formula is C6H12Cl2N2O2. The van der Waals surface area contributed by atoms with Gasteiger partial charge in [-0.25, -0.2) is 0 Å². The Bertz CT molecular complexity index is 180. The first-order chi connectivity index (χ1) is 4.73. The molecule has 2 rings (SSSR count). The second-order valence-electron chi connectivity index (χ2n) is 3.05. The average Bonchev–Trinajstić information content (AvgIpc) is 2.45. The Hall–Kier alpha value is -0.0300. The summed E-state index contributed by atoms with van der Waals surface area (Å²) in [6.45, 7) is 1.37. The lowest BCUT2D eigenvalue weighted by atomic mass is 10.0. The molecule has 0 aromatic rings. The molecule has 2 aliphatic rings. The molecule has 0 spiro atoms. The lowest BCUT2D eigenvalue weighted by Crippen LogP contribution is -2.54. The molecule has 0 amide bonds. The van der Waals surface area contributed by atoms with E-state index < -0.39 is 11.5 Å². The molecule has 2 fully saturated rings. The first-order valence-corrected chi connectivity index (χ1v) is 3.45. The summed E-state index contributed by atoms with van der Waals surface area (Å²) in [4.78, 5) is 10.7. The Balaban J connectivity index is 0.000000605. The SMILES string of the molecule is Cl.Cl.O=C(O)C12CN[C@H](CN1)C2. The molecule has 2 bridgehead atoms. The molecule has 3 N–H and O–H groups in total. The topological polar surface area (TPSA) is 61.4 Å². The van der Waals surface area contributed by atoms with Crippen LogP contribution < -0.4 is 10.6 Å². The van der Waals surface area contributed by atoms with Gasteiger partial charge in [0.1, 0.15) is 5.54 Å². The number of fused-ring (bicyclic) bond motifs is 2. The summed E-state index contributed by atoms with van der Waals surface area (Å²) in [7, 11) is 0. The quantitative estimate of drug-likeness (QED) is 0.558. The van der Waals surface area contributed by atoms with Crippen molar-refractivity contribution >= 4 is 30.8 Å². The van der Waals surface area contributed by atoms with Crippen LogP contribution in [0.5, 0.6) is 0 Å². The molecule has 4 nitrogen and oxygen atoms in total. The van der Waals surface area contributed by atoms with Gasteiger partial charge in [0.2, 0.25) is 0 Å². The number of hydrogen-bond donors (Lipinski definition) is 3. The minimum Gasteiger partial charge on any atom is -0.480 e. The Morgan fingerprint density at radius 3 is 2.33 bits per heavy atom. The second-order valence-corrected chi connectivity index (χ2v) is 3.05. The van der Waals surface area contributed by atoms with Crippen LogP contribution in [0.2, 0.25) is 0 Å². The van der Waals surface area contributed by atoms with E-state index in [0.29, 0.717) is 12.6 Å². The molecule has 0 aromatic heterocycles. The fourth-order valence-corrected chi connectivity index (χ4v) is 1.72.